The van der Waals surface area contributed by atoms with Crippen LogP contribution < -0.4 is 0 Å². The summed E-state index contributed by atoms with van der Waals surface area (Å²) in [7, 11) is 2.00. The first-order chi connectivity index (χ1) is 8.25. The van der Waals surface area contributed by atoms with E-state index < -0.39 is 0 Å². The van der Waals surface area contributed by atoms with E-state index in [1.165, 1.54) is 3.57 Å². The third-order valence-electron chi connectivity index (χ3n) is 2.73. The molecule has 0 aliphatic rings. The molecule has 84 valence electrons. The summed E-state index contributed by atoms with van der Waals surface area (Å²) in [5.74, 6) is 0.954. The standard InChI is InChI=1S/C13H10IN3/c1-17-12(9-4-6-10(14)7-5-9)16-11-3-2-8-15-13(11)17/h2-8H,1H3. The van der Waals surface area contributed by atoms with Crippen molar-refractivity contribution in [1.29, 1.82) is 0 Å². The zero-order valence-electron chi connectivity index (χ0n) is 9.26. The number of imidazole rings is 1. The molecule has 4 heteroatoms. The number of benzene rings is 1. The molecule has 0 fully saturated rings. The number of aryl methyl sites for hydroxylation is 1. The molecule has 0 bridgehead atoms. The average Bonchev–Trinajstić information content (AvgIpc) is 2.69. The molecule has 2 aromatic heterocycles. The van der Waals surface area contributed by atoms with E-state index in [9.17, 15) is 0 Å². The summed E-state index contributed by atoms with van der Waals surface area (Å²) < 4.78 is 3.25. The van der Waals surface area contributed by atoms with Gasteiger partial charge in [0.25, 0.3) is 0 Å². The van der Waals surface area contributed by atoms with E-state index in [4.69, 9.17) is 0 Å². The second-order valence-corrected chi connectivity index (χ2v) is 5.09. The Morgan fingerprint density at radius 1 is 1.12 bits per heavy atom. The molecule has 0 atom stereocenters. The van der Waals surface area contributed by atoms with Crippen molar-refractivity contribution < 1.29 is 0 Å². The van der Waals surface area contributed by atoms with Gasteiger partial charge >= 0.3 is 0 Å². The molecular formula is C13H10IN3. The predicted octanol–water partition coefficient (Wildman–Crippen LogP) is 3.24. The van der Waals surface area contributed by atoms with Crippen LogP contribution in [0.2, 0.25) is 0 Å². The van der Waals surface area contributed by atoms with Gasteiger partial charge in [-0.05, 0) is 46.9 Å². The number of pyridine rings is 1. The first-order valence-corrected chi connectivity index (χ1v) is 6.37. The van der Waals surface area contributed by atoms with Gasteiger partial charge in [-0.15, -0.1) is 0 Å². The first-order valence-electron chi connectivity index (χ1n) is 5.29. The monoisotopic (exact) mass is 335 g/mol. The number of nitrogens with zero attached hydrogens (tertiary/aromatic N) is 3. The van der Waals surface area contributed by atoms with E-state index in [0.717, 1.165) is 22.6 Å². The quantitative estimate of drug-likeness (QED) is 0.639. The molecule has 0 aliphatic heterocycles. The van der Waals surface area contributed by atoms with Gasteiger partial charge in [-0.1, -0.05) is 12.1 Å². The zero-order valence-corrected chi connectivity index (χ0v) is 11.4. The summed E-state index contributed by atoms with van der Waals surface area (Å²) in [6.07, 6.45) is 1.79. The Kier molecular flexibility index (Phi) is 2.58. The number of rotatable bonds is 1. The smallest absolute Gasteiger partial charge is 0.159 e. The molecule has 0 N–H and O–H groups in total. The summed E-state index contributed by atoms with van der Waals surface area (Å²) in [6.45, 7) is 0. The highest BCUT2D eigenvalue weighted by molar-refractivity contribution is 14.1. The SMILES string of the molecule is Cn1c(-c2ccc(I)cc2)nc2cccnc21. The molecule has 0 saturated heterocycles. The van der Waals surface area contributed by atoms with Crippen molar-refractivity contribution in [2.45, 2.75) is 0 Å². The fourth-order valence-corrected chi connectivity index (χ4v) is 2.24. The molecule has 1 aromatic carbocycles. The Balaban J connectivity index is 2.24. The van der Waals surface area contributed by atoms with Crippen LogP contribution in [0.25, 0.3) is 22.6 Å². The Morgan fingerprint density at radius 3 is 2.59 bits per heavy atom. The Bertz CT molecular complexity index is 671. The van der Waals surface area contributed by atoms with Gasteiger partial charge < -0.3 is 4.57 Å². The minimum absolute atomic E-state index is 0.918. The third-order valence-corrected chi connectivity index (χ3v) is 3.45. The lowest BCUT2D eigenvalue weighted by atomic mass is 10.2. The zero-order chi connectivity index (χ0) is 11.8. The molecular weight excluding hydrogens is 325 g/mol. The van der Waals surface area contributed by atoms with Crippen molar-refractivity contribution >= 4 is 33.8 Å². The highest BCUT2D eigenvalue weighted by atomic mass is 127. The van der Waals surface area contributed by atoms with Crippen LogP contribution in [0.15, 0.2) is 42.6 Å². The maximum Gasteiger partial charge on any atom is 0.159 e. The molecule has 0 saturated carbocycles. The van der Waals surface area contributed by atoms with Crippen molar-refractivity contribution in [2.75, 3.05) is 0 Å². The van der Waals surface area contributed by atoms with Crippen molar-refractivity contribution in [3.63, 3.8) is 0 Å². The van der Waals surface area contributed by atoms with Crippen LogP contribution in [-0.2, 0) is 7.05 Å². The van der Waals surface area contributed by atoms with Crippen LogP contribution in [0.5, 0.6) is 0 Å². The van der Waals surface area contributed by atoms with Gasteiger partial charge in [0.2, 0.25) is 0 Å². The molecule has 0 unspecified atom stereocenters. The van der Waals surface area contributed by atoms with E-state index in [-0.39, 0.29) is 0 Å². The predicted molar refractivity (Wildman–Crippen MR) is 76.7 cm³/mol. The molecule has 3 rings (SSSR count). The van der Waals surface area contributed by atoms with Crippen molar-refractivity contribution in [1.82, 2.24) is 14.5 Å². The highest BCUT2D eigenvalue weighted by Crippen LogP contribution is 2.22. The van der Waals surface area contributed by atoms with Gasteiger partial charge in [0, 0.05) is 22.4 Å². The van der Waals surface area contributed by atoms with Crippen molar-refractivity contribution in [3.05, 3.63) is 46.2 Å². The molecule has 2 heterocycles. The van der Waals surface area contributed by atoms with E-state index in [1.807, 2.05) is 23.7 Å². The maximum absolute atomic E-state index is 4.61. The van der Waals surface area contributed by atoms with Crippen LogP contribution in [0.1, 0.15) is 0 Å². The average molecular weight is 335 g/mol. The van der Waals surface area contributed by atoms with Crippen molar-refractivity contribution in [3.8, 4) is 11.4 Å². The van der Waals surface area contributed by atoms with Gasteiger partial charge in [0.1, 0.15) is 11.3 Å². The normalized spacial score (nSPS) is 10.9. The Morgan fingerprint density at radius 2 is 1.88 bits per heavy atom. The number of fused-ring (bicyclic) bond motifs is 1. The number of hydrogen-bond acceptors (Lipinski definition) is 2. The molecule has 0 aliphatic carbocycles. The van der Waals surface area contributed by atoms with Crippen LogP contribution in [0.3, 0.4) is 0 Å². The van der Waals surface area contributed by atoms with Gasteiger partial charge in [0.15, 0.2) is 5.65 Å². The summed E-state index contributed by atoms with van der Waals surface area (Å²) in [6, 6.07) is 12.2. The molecule has 17 heavy (non-hydrogen) atoms. The topological polar surface area (TPSA) is 30.7 Å². The first kappa shape index (κ1) is 10.7. The van der Waals surface area contributed by atoms with Crippen LogP contribution in [0.4, 0.5) is 0 Å². The third kappa shape index (κ3) is 1.82. The van der Waals surface area contributed by atoms with Gasteiger partial charge in [0.05, 0.1) is 0 Å². The highest BCUT2D eigenvalue weighted by Gasteiger charge is 2.09. The fourth-order valence-electron chi connectivity index (χ4n) is 1.88. The molecule has 3 aromatic rings. The van der Waals surface area contributed by atoms with Crippen LogP contribution in [0, 0.1) is 3.57 Å². The minimum Gasteiger partial charge on any atom is -0.312 e. The van der Waals surface area contributed by atoms with E-state index in [2.05, 4.69) is 56.8 Å². The summed E-state index contributed by atoms with van der Waals surface area (Å²) in [4.78, 5) is 8.95. The Labute approximate surface area is 113 Å². The summed E-state index contributed by atoms with van der Waals surface area (Å²) in [5.41, 5.74) is 2.97. The molecule has 0 amide bonds. The largest absolute Gasteiger partial charge is 0.312 e. The minimum atomic E-state index is 0.918. The van der Waals surface area contributed by atoms with Crippen LogP contribution >= 0.6 is 22.6 Å². The Hall–Kier alpha value is -1.43. The molecule has 0 spiro atoms. The lowest BCUT2D eigenvalue weighted by molar-refractivity contribution is 0.942. The number of aromatic nitrogens is 3. The fraction of sp³-hybridized carbons (Fsp3) is 0.0769. The van der Waals surface area contributed by atoms with Crippen LogP contribution in [-0.4, -0.2) is 14.5 Å². The second kappa shape index (κ2) is 4.10. The lowest BCUT2D eigenvalue weighted by Gasteiger charge is -2.01. The molecule has 0 radical (unpaired) electrons. The maximum atomic E-state index is 4.61. The van der Waals surface area contributed by atoms with E-state index >= 15 is 0 Å². The lowest BCUT2D eigenvalue weighted by Crippen LogP contribution is -1.93. The van der Waals surface area contributed by atoms with Crippen molar-refractivity contribution in [2.24, 2.45) is 7.05 Å². The number of hydrogen-bond donors (Lipinski definition) is 0. The van der Waals surface area contributed by atoms with Gasteiger partial charge in [-0.2, -0.15) is 0 Å². The number of halogens is 1. The van der Waals surface area contributed by atoms with E-state index in [1.54, 1.807) is 6.20 Å². The second-order valence-electron chi connectivity index (χ2n) is 3.85. The van der Waals surface area contributed by atoms with Gasteiger partial charge in [-0.25, -0.2) is 9.97 Å². The van der Waals surface area contributed by atoms with Gasteiger partial charge in [-0.3, -0.25) is 0 Å². The van der Waals surface area contributed by atoms with E-state index in [0.29, 0.717) is 0 Å². The summed E-state index contributed by atoms with van der Waals surface area (Å²) in [5, 5.41) is 0. The summed E-state index contributed by atoms with van der Waals surface area (Å²) >= 11 is 2.30. The molecule has 3 nitrogen and oxygen atoms in total.